The van der Waals surface area contributed by atoms with E-state index in [0.29, 0.717) is 10.7 Å². The number of alkyl halides is 2. The molecule has 2 aromatic rings. The van der Waals surface area contributed by atoms with Gasteiger partial charge in [-0.15, -0.1) is 0 Å². The number of ether oxygens (including phenoxy) is 2. The van der Waals surface area contributed by atoms with Gasteiger partial charge in [-0.3, -0.25) is 4.79 Å². The first-order chi connectivity index (χ1) is 11.9. The molecule has 0 heterocycles. The number of halogens is 3. The Balaban J connectivity index is 2.00. The lowest BCUT2D eigenvalue weighted by Crippen LogP contribution is -2.30. The number of hydrogen-bond donors (Lipinski definition) is 1. The molecule has 5 nitrogen and oxygen atoms in total. The Morgan fingerprint density at radius 2 is 1.84 bits per heavy atom. The Morgan fingerprint density at radius 3 is 2.52 bits per heavy atom. The van der Waals surface area contributed by atoms with E-state index in [0.717, 1.165) is 6.07 Å². The summed E-state index contributed by atoms with van der Waals surface area (Å²) in [5, 5.41) is 2.87. The molecule has 8 heteroatoms. The molecule has 2 rings (SSSR count). The van der Waals surface area contributed by atoms with Crippen LogP contribution in [0.5, 0.6) is 5.75 Å². The Kier molecular flexibility index (Phi) is 6.30. The molecule has 1 atom stereocenters. The van der Waals surface area contributed by atoms with Gasteiger partial charge in [0.15, 0.2) is 6.10 Å². The summed E-state index contributed by atoms with van der Waals surface area (Å²) >= 11 is 5.94. The average molecular weight is 370 g/mol. The number of esters is 1. The molecule has 0 bridgehead atoms. The number of anilines is 1. The molecular formula is C17H14ClF2NO4. The first-order valence-corrected chi connectivity index (χ1v) is 7.56. The summed E-state index contributed by atoms with van der Waals surface area (Å²) in [4.78, 5) is 24.1. The molecular weight excluding hydrogens is 356 g/mol. The second-order valence-electron chi connectivity index (χ2n) is 4.92. The number of para-hydroxylation sites is 1. The number of carbonyl (C=O) groups excluding carboxylic acids is 2. The molecule has 0 saturated carbocycles. The van der Waals surface area contributed by atoms with Gasteiger partial charge in [0.25, 0.3) is 5.91 Å². The van der Waals surface area contributed by atoms with Crippen molar-refractivity contribution in [2.45, 2.75) is 19.6 Å². The number of hydrogen-bond acceptors (Lipinski definition) is 4. The SMILES string of the molecule is CC(OC(=O)c1cccc(OC(F)F)c1)C(=O)Nc1ccccc1Cl. The van der Waals surface area contributed by atoms with Crippen LogP contribution in [0.3, 0.4) is 0 Å². The second-order valence-corrected chi connectivity index (χ2v) is 5.33. The van der Waals surface area contributed by atoms with Gasteiger partial charge in [0.2, 0.25) is 0 Å². The van der Waals surface area contributed by atoms with Gasteiger partial charge in [-0.25, -0.2) is 4.79 Å². The predicted molar refractivity (Wildman–Crippen MR) is 88.0 cm³/mol. The lowest BCUT2D eigenvalue weighted by atomic mass is 10.2. The Labute approximate surface area is 147 Å². The summed E-state index contributed by atoms with van der Waals surface area (Å²) in [5.41, 5.74) is 0.361. The number of rotatable bonds is 6. The smallest absolute Gasteiger partial charge is 0.387 e. The first-order valence-electron chi connectivity index (χ1n) is 7.18. The van der Waals surface area contributed by atoms with E-state index in [9.17, 15) is 18.4 Å². The third kappa shape index (κ3) is 5.42. The van der Waals surface area contributed by atoms with Crippen molar-refractivity contribution in [3.63, 3.8) is 0 Å². The van der Waals surface area contributed by atoms with E-state index < -0.39 is 24.6 Å². The minimum absolute atomic E-state index is 0.0180. The second kappa shape index (κ2) is 8.43. The molecule has 1 amide bonds. The van der Waals surface area contributed by atoms with Gasteiger partial charge in [-0.1, -0.05) is 29.8 Å². The predicted octanol–water partition coefficient (Wildman–Crippen LogP) is 4.13. The van der Waals surface area contributed by atoms with Gasteiger partial charge in [-0.2, -0.15) is 8.78 Å². The number of amides is 1. The molecule has 0 fully saturated rings. The molecule has 0 aliphatic carbocycles. The van der Waals surface area contributed by atoms with E-state index in [4.69, 9.17) is 16.3 Å². The van der Waals surface area contributed by atoms with Crippen LogP contribution in [0, 0.1) is 0 Å². The summed E-state index contributed by atoms with van der Waals surface area (Å²) in [6.45, 7) is -1.63. The minimum Gasteiger partial charge on any atom is -0.449 e. The normalized spacial score (nSPS) is 11.7. The van der Waals surface area contributed by atoms with Crippen LogP contribution in [-0.4, -0.2) is 24.6 Å². The van der Waals surface area contributed by atoms with Crippen molar-refractivity contribution in [3.8, 4) is 5.75 Å². The van der Waals surface area contributed by atoms with Crippen LogP contribution in [0.25, 0.3) is 0 Å². The highest BCUT2D eigenvalue weighted by Crippen LogP contribution is 2.21. The molecule has 1 N–H and O–H groups in total. The molecule has 0 radical (unpaired) electrons. The van der Waals surface area contributed by atoms with Crippen LogP contribution in [0.4, 0.5) is 14.5 Å². The maximum atomic E-state index is 12.2. The summed E-state index contributed by atoms with van der Waals surface area (Å²) in [6, 6.07) is 11.7. The lowest BCUT2D eigenvalue weighted by Gasteiger charge is -2.14. The van der Waals surface area contributed by atoms with Crippen molar-refractivity contribution >= 4 is 29.2 Å². The van der Waals surface area contributed by atoms with Gasteiger partial charge in [0.1, 0.15) is 5.75 Å². The highest BCUT2D eigenvalue weighted by atomic mass is 35.5. The molecule has 132 valence electrons. The van der Waals surface area contributed by atoms with Crippen LogP contribution in [0.2, 0.25) is 5.02 Å². The van der Waals surface area contributed by atoms with Gasteiger partial charge in [-0.05, 0) is 37.3 Å². The number of nitrogens with one attached hydrogen (secondary N) is 1. The Bertz CT molecular complexity index is 770. The highest BCUT2D eigenvalue weighted by Gasteiger charge is 2.20. The van der Waals surface area contributed by atoms with Crippen molar-refractivity contribution in [1.29, 1.82) is 0 Å². The van der Waals surface area contributed by atoms with Gasteiger partial charge in [0.05, 0.1) is 16.3 Å². The lowest BCUT2D eigenvalue weighted by molar-refractivity contribution is -0.123. The molecule has 25 heavy (non-hydrogen) atoms. The molecule has 0 aliphatic rings. The van der Waals surface area contributed by atoms with Gasteiger partial charge >= 0.3 is 12.6 Å². The Hall–Kier alpha value is -2.67. The number of carbonyl (C=O) groups is 2. The Morgan fingerprint density at radius 1 is 1.12 bits per heavy atom. The van der Waals surface area contributed by atoms with E-state index in [2.05, 4.69) is 10.1 Å². The van der Waals surface area contributed by atoms with Crippen LogP contribution in [-0.2, 0) is 9.53 Å². The fourth-order valence-corrected chi connectivity index (χ4v) is 2.06. The summed E-state index contributed by atoms with van der Waals surface area (Å²) in [5.74, 6) is -1.61. The first kappa shape index (κ1) is 18.7. The molecule has 0 spiro atoms. The zero-order chi connectivity index (χ0) is 18.4. The monoisotopic (exact) mass is 369 g/mol. The molecule has 0 aliphatic heterocycles. The third-order valence-electron chi connectivity index (χ3n) is 3.08. The van der Waals surface area contributed by atoms with Crippen molar-refractivity contribution in [1.82, 2.24) is 0 Å². The van der Waals surface area contributed by atoms with Crippen LogP contribution < -0.4 is 10.1 Å². The maximum absolute atomic E-state index is 12.2. The van der Waals surface area contributed by atoms with E-state index in [1.165, 1.54) is 25.1 Å². The van der Waals surface area contributed by atoms with Crippen LogP contribution in [0.1, 0.15) is 17.3 Å². The standard InChI is InChI=1S/C17H14ClF2NO4/c1-10(15(22)21-14-8-3-2-7-13(14)18)24-16(23)11-5-4-6-12(9-11)25-17(19)20/h2-10,17H,1H3,(H,21,22). The van der Waals surface area contributed by atoms with Crippen molar-refractivity contribution < 1.29 is 27.8 Å². The van der Waals surface area contributed by atoms with E-state index in [-0.39, 0.29) is 11.3 Å². The van der Waals surface area contributed by atoms with Crippen molar-refractivity contribution in [3.05, 3.63) is 59.1 Å². The molecule has 1 unspecified atom stereocenters. The summed E-state index contributed by atoms with van der Waals surface area (Å²) in [6.07, 6.45) is -1.12. The van der Waals surface area contributed by atoms with E-state index >= 15 is 0 Å². The topological polar surface area (TPSA) is 64.6 Å². The zero-order valence-corrected chi connectivity index (χ0v) is 13.8. The van der Waals surface area contributed by atoms with E-state index in [1.54, 1.807) is 24.3 Å². The third-order valence-corrected chi connectivity index (χ3v) is 3.41. The van der Waals surface area contributed by atoms with Gasteiger partial charge < -0.3 is 14.8 Å². The summed E-state index contributed by atoms with van der Waals surface area (Å²) in [7, 11) is 0. The van der Waals surface area contributed by atoms with Crippen LogP contribution in [0.15, 0.2) is 48.5 Å². The number of benzene rings is 2. The average Bonchev–Trinajstić information content (AvgIpc) is 2.56. The molecule has 2 aromatic carbocycles. The van der Waals surface area contributed by atoms with Crippen molar-refractivity contribution in [2.75, 3.05) is 5.32 Å². The highest BCUT2D eigenvalue weighted by molar-refractivity contribution is 6.33. The largest absolute Gasteiger partial charge is 0.449 e. The fraction of sp³-hybridized carbons (Fsp3) is 0.176. The quantitative estimate of drug-likeness (QED) is 0.778. The van der Waals surface area contributed by atoms with Gasteiger partial charge in [0, 0.05) is 0 Å². The van der Waals surface area contributed by atoms with Crippen molar-refractivity contribution in [2.24, 2.45) is 0 Å². The van der Waals surface area contributed by atoms with Crippen LogP contribution >= 0.6 is 11.6 Å². The summed E-state index contributed by atoms with van der Waals surface area (Å²) < 4.78 is 33.7. The molecule has 0 saturated heterocycles. The zero-order valence-electron chi connectivity index (χ0n) is 13.0. The fourth-order valence-electron chi connectivity index (χ4n) is 1.88. The minimum atomic E-state index is -3.01. The molecule has 0 aromatic heterocycles. The maximum Gasteiger partial charge on any atom is 0.387 e. The van der Waals surface area contributed by atoms with E-state index in [1.807, 2.05) is 0 Å².